The van der Waals surface area contributed by atoms with E-state index in [1.807, 2.05) is 39.0 Å². The van der Waals surface area contributed by atoms with E-state index >= 15 is 0 Å². The minimum absolute atomic E-state index is 0.105. The van der Waals surface area contributed by atoms with Crippen molar-refractivity contribution < 1.29 is 19.1 Å². The Hall–Kier alpha value is -2.12. The third-order valence-corrected chi connectivity index (χ3v) is 4.57. The van der Waals surface area contributed by atoms with Gasteiger partial charge in [-0.15, -0.1) is 0 Å². The van der Waals surface area contributed by atoms with Gasteiger partial charge in [-0.3, -0.25) is 4.79 Å². The van der Waals surface area contributed by atoms with Crippen molar-refractivity contribution >= 4 is 12.0 Å². The van der Waals surface area contributed by atoms with Gasteiger partial charge in [0, 0.05) is 19.7 Å². The summed E-state index contributed by atoms with van der Waals surface area (Å²) in [5, 5.41) is 5.61. The molecule has 0 saturated carbocycles. The number of carbonyl (C=O) groups excluding carboxylic acids is 2. The van der Waals surface area contributed by atoms with Crippen molar-refractivity contribution in [3.8, 4) is 0 Å². The lowest BCUT2D eigenvalue weighted by molar-refractivity contribution is -0.122. The summed E-state index contributed by atoms with van der Waals surface area (Å²) < 4.78 is 10.8. The van der Waals surface area contributed by atoms with Gasteiger partial charge in [-0.25, -0.2) is 4.79 Å². The van der Waals surface area contributed by atoms with Gasteiger partial charge in [0.05, 0.1) is 12.6 Å². The van der Waals surface area contributed by atoms with E-state index in [0.717, 1.165) is 45.1 Å². The Morgan fingerprint density at radius 1 is 0.935 bits per heavy atom. The summed E-state index contributed by atoms with van der Waals surface area (Å²) in [5.41, 5.74) is 6.64. The number of rotatable bonds is 15. The van der Waals surface area contributed by atoms with E-state index in [1.165, 1.54) is 5.56 Å². The maximum absolute atomic E-state index is 12.0. The lowest BCUT2D eigenvalue weighted by Crippen LogP contribution is -2.41. The van der Waals surface area contributed by atoms with Crippen molar-refractivity contribution in [3.05, 3.63) is 35.9 Å². The molecule has 0 heterocycles. The molecule has 1 atom stereocenters. The average molecular weight is 436 g/mol. The van der Waals surface area contributed by atoms with E-state index in [-0.39, 0.29) is 5.91 Å². The molecule has 0 aliphatic rings. The number of carbonyl (C=O) groups is 2. The predicted octanol–water partition coefficient (Wildman–Crippen LogP) is 3.90. The minimum Gasteiger partial charge on any atom is -0.444 e. The molecule has 31 heavy (non-hydrogen) atoms. The third-order valence-electron chi connectivity index (χ3n) is 4.57. The van der Waals surface area contributed by atoms with Crippen LogP contribution in [0.25, 0.3) is 0 Å². The largest absolute Gasteiger partial charge is 0.444 e. The third kappa shape index (κ3) is 15.3. The van der Waals surface area contributed by atoms with E-state index in [9.17, 15) is 9.59 Å². The maximum Gasteiger partial charge on any atom is 0.407 e. The SMILES string of the molecule is CC(C)(C)OC(=O)NCCCCC(N)C(=O)NCCCCCCOCc1ccccc1. The van der Waals surface area contributed by atoms with Crippen LogP contribution in [0.15, 0.2) is 30.3 Å². The molecule has 0 aromatic heterocycles. The molecule has 0 spiro atoms. The molecule has 0 aliphatic heterocycles. The highest BCUT2D eigenvalue weighted by atomic mass is 16.6. The number of nitrogens with one attached hydrogen (secondary N) is 2. The normalized spacial score (nSPS) is 12.3. The van der Waals surface area contributed by atoms with Gasteiger partial charge >= 0.3 is 6.09 Å². The molecule has 1 rings (SSSR count). The fourth-order valence-electron chi connectivity index (χ4n) is 2.91. The molecule has 0 aliphatic carbocycles. The topological polar surface area (TPSA) is 103 Å². The summed E-state index contributed by atoms with van der Waals surface area (Å²) in [4.78, 5) is 23.6. The van der Waals surface area contributed by atoms with Gasteiger partial charge < -0.3 is 25.8 Å². The van der Waals surface area contributed by atoms with E-state index in [4.69, 9.17) is 15.2 Å². The molecule has 176 valence electrons. The fourth-order valence-corrected chi connectivity index (χ4v) is 2.91. The van der Waals surface area contributed by atoms with Gasteiger partial charge in [0.1, 0.15) is 5.60 Å². The Morgan fingerprint density at radius 3 is 2.29 bits per heavy atom. The van der Waals surface area contributed by atoms with Gasteiger partial charge in [-0.2, -0.15) is 0 Å². The van der Waals surface area contributed by atoms with Crippen molar-refractivity contribution in [3.63, 3.8) is 0 Å². The van der Waals surface area contributed by atoms with E-state index in [1.54, 1.807) is 0 Å². The lowest BCUT2D eigenvalue weighted by atomic mass is 10.1. The van der Waals surface area contributed by atoms with Crippen LogP contribution >= 0.6 is 0 Å². The zero-order valence-corrected chi connectivity index (χ0v) is 19.5. The van der Waals surface area contributed by atoms with Crippen LogP contribution in [0, 0.1) is 0 Å². The molecule has 4 N–H and O–H groups in total. The first kappa shape index (κ1) is 26.9. The molecular weight excluding hydrogens is 394 g/mol. The highest BCUT2D eigenvalue weighted by molar-refractivity contribution is 5.81. The Balaban J connectivity index is 1.92. The number of nitrogens with two attached hydrogens (primary N) is 1. The number of hydrogen-bond acceptors (Lipinski definition) is 5. The molecule has 1 aromatic rings. The minimum atomic E-state index is -0.507. The predicted molar refractivity (Wildman–Crippen MR) is 124 cm³/mol. The van der Waals surface area contributed by atoms with Crippen molar-refractivity contribution in [1.29, 1.82) is 0 Å². The summed E-state index contributed by atoms with van der Waals surface area (Å²) in [6.07, 6.45) is 5.81. The molecule has 1 unspecified atom stereocenters. The summed E-state index contributed by atoms with van der Waals surface area (Å²) in [6, 6.07) is 9.66. The van der Waals surface area contributed by atoms with Gasteiger partial charge in [-0.05, 0) is 58.4 Å². The second kappa shape index (κ2) is 15.6. The van der Waals surface area contributed by atoms with Crippen molar-refractivity contribution in [2.45, 2.75) is 84.0 Å². The molecule has 1 aromatic carbocycles. The number of hydrogen-bond donors (Lipinski definition) is 3. The zero-order valence-electron chi connectivity index (χ0n) is 19.5. The van der Waals surface area contributed by atoms with Crippen molar-refractivity contribution in [1.82, 2.24) is 10.6 Å². The molecule has 7 nitrogen and oxygen atoms in total. The van der Waals surface area contributed by atoms with Gasteiger partial charge in [0.25, 0.3) is 0 Å². The Morgan fingerprint density at radius 2 is 1.58 bits per heavy atom. The quantitative estimate of drug-likeness (QED) is 0.363. The maximum atomic E-state index is 12.0. The first-order valence-corrected chi connectivity index (χ1v) is 11.4. The van der Waals surface area contributed by atoms with E-state index in [0.29, 0.717) is 26.1 Å². The number of alkyl carbamates (subject to hydrolysis) is 1. The van der Waals surface area contributed by atoms with Crippen LogP contribution in [0.4, 0.5) is 4.79 Å². The molecule has 7 heteroatoms. The zero-order chi connectivity index (χ0) is 23.0. The molecule has 0 saturated heterocycles. The first-order chi connectivity index (χ1) is 14.8. The smallest absolute Gasteiger partial charge is 0.407 e. The monoisotopic (exact) mass is 435 g/mol. The summed E-state index contributed by atoms with van der Waals surface area (Å²) >= 11 is 0. The number of unbranched alkanes of at least 4 members (excludes halogenated alkanes) is 4. The van der Waals surface area contributed by atoms with Crippen LogP contribution in [0.3, 0.4) is 0 Å². The molecule has 0 bridgehead atoms. The number of amides is 2. The second-order valence-corrected chi connectivity index (χ2v) is 8.77. The van der Waals surface area contributed by atoms with Gasteiger partial charge in [0.2, 0.25) is 5.91 Å². The van der Waals surface area contributed by atoms with E-state index < -0.39 is 17.7 Å². The summed E-state index contributed by atoms with van der Waals surface area (Å²) in [7, 11) is 0. The van der Waals surface area contributed by atoms with Gasteiger partial charge in [-0.1, -0.05) is 43.2 Å². The highest BCUT2D eigenvalue weighted by Gasteiger charge is 2.16. The number of ether oxygens (including phenoxy) is 2. The summed E-state index contributed by atoms with van der Waals surface area (Å²) in [5.74, 6) is -0.105. The molecule has 2 amide bonds. The van der Waals surface area contributed by atoms with Crippen LogP contribution in [0.2, 0.25) is 0 Å². The van der Waals surface area contributed by atoms with Crippen LogP contribution in [0.5, 0.6) is 0 Å². The van der Waals surface area contributed by atoms with E-state index in [2.05, 4.69) is 22.8 Å². The van der Waals surface area contributed by atoms with Crippen LogP contribution in [0.1, 0.15) is 71.3 Å². The van der Waals surface area contributed by atoms with Crippen molar-refractivity contribution in [2.75, 3.05) is 19.7 Å². The van der Waals surface area contributed by atoms with Crippen LogP contribution in [-0.2, 0) is 20.9 Å². The first-order valence-electron chi connectivity index (χ1n) is 11.4. The molecular formula is C24H41N3O4. The molecule has 0 radical (unpaired) electrons. The fraction of sp³-hybridized carbons (Fsp3) is 0.667. The second-order valence-electron chi connectivity index (χ2n) is 8.77. The van der Waals surface area contributed by atoms with Crippen LogP contribution < -0.4 is 16.4 Å². The van der Waals surface area contributed by atoms with Gasteiger partial charge in [0.15, 0.2) is 0 Å². The number of benzene rings is 1. The lowest BCUT2D eigenvalue weighted by Gasteiger charge is -2.19. The Bertz CT molecular complexity index is 617. The summed E-state index contributed by atoms with van der Waals surface area (Å²) in [6.45, 7) is 8.06. The Labute approximate surface area is 187 Å². The van der Waals surface area contributed by atoms with Crippen molar-refractivity contribution in [2.24, 2.45) is 5.73 Å². The molecule has 0 fully saturated rings. The van der Waals surface area contributed by atoms with Crippen LogP contribution in [-0.4, -0.2) is 43.3 Å². The highest BCUT2D eigenvalue weighted by Crippen LogP contribution is 2.07. The standard InChI is InChI=1S/C24H41N3O4/c1-24(2,3)31-23(29)27-17-11-9-15-21(25)22(28)26-16-10-4-5-12-18-30-19-20-13-7-6-8-14-20/h6-8,13-14,21H,4-5,9-12,15-19,25H2,1-3H3,(H,26,28)(H,27,29). The average Bonchev–Trinajstić information content (AvgIpc) is 2.71. The Kier molecular flexibility index (Phi) is 13.6.